The van der Waals surface area contributed by atoms with Gasteiger partial charge in [0.25, 0.3) is 0 Å². The van der Waals surface area contributed by atoms with Crippen LogP contribution < -0.4 is 0 Å². The second kappa shape index (κ2) is 33.1. The predicted molar refractivity (Wildman–Crippen MR) is 103 cm³/mol. The Kier molecular flexibility index (Phi) is 52.1. The zero-order valence-corrected chi connectivity index (χ0v) is 20.5. The molecule has 164 valence electrons. The van der Waals surface area contributed by atoms with Crippen molar-refractivity contribution in [3.8, 4) is 0 Å². The Hall–Kier alpha value is 0.434. The molecule has 0 heterocycles. The van der Waals surface area contributed by atoms with E-state index in [1.807, 2.05) is 27.7 Å². The summed E-state index contributed by atoms with van der Waals surface area (Å²) in [6.07, 6.45) is -0.576. The molecular formula is C18H46O7Ti. The van der Waals surface area contributed by atoms with Crippen LogP contribution in [0.1, 0.15) is 83.1 Å². The van der Waals surface area contributed by atoms with Gasteiger partial charge in [-0.05, 0) is 83.1 Å². The molecule has 0 unspecified atom stereocenters. The first-order valence-corrected chi connectivity index (χ1v) is 8.77. The van der Waals surface area contributed by atoms with Gasteiger partial charge in [-0.1, -0.05) is 5.04 Å². The van der Waals surface area contributed by atoms with Gasteiger partial charge in [0.1, 0.15) is 0 Å². The maximum atomic E-state index is 8.06. The summed E-state index contributed by atoms with van der Waals surface area (Å²) in [7, 11) is 0. The van der Waals surface area contributed by atoms with Gasteiger partial charge in [0, 0.05) is 46.1 Å². The van der Waals surface area contributed by atoms with Crippen LogP contribution in [-0.2, 0) is 36.5 Å². The normalized spacial score (nSPS) is 9.46. The molecule has 0 aliphatic carbocycles. The molecule has 7 nitrogen and oxygen atoms in total. The van der Waals surface area contributed by atoms with Gasteiger partial charge in [0.15, 0.2) is 0 Å². The van der Waals surface area contributed by atoms with E-state index >= 15 is 0 Å². The van der Waals surface area contributed by atoms with Gasteiger partial charge in [-0.2, -0.15) is 0 Å². The van der Waals surface area contributed by atoms with E-state index in [0.29, 0.717) is 0 Å². The van der Waals surface area contributed by atoms with E-state index < -0.39 is 0 Å². The summed E-state index contributed by atoms with van der Waals surface area (Å²) in [5.74, 6) is 0. The monoisotopic (exact) mass is 422 g/mol. The Morgan fingerprint density at radius 1 is 0.423 bits per heavy atom. The van der Waals surface area contributed by atoms with Gasteiger partial charge in [-0.25, -0.2) is 9.78 Å². The third-order valence-corrected chi connectivity index (χ3v) is 0.463. The standard InChI is InChI=1S/C6H14O3.4C3H8O.Ti/c1-5(2)7-9-8-6(3)4;4*1-3(2)4;/h5-6H,1-4H3;4*3-4H,1-2H3;. The molecule has 26 heavy (non-hydrogen) atoms. The van der Waals surface area contributed by atoms with Crippen molar-refractivity contribution in [2.24, 2.45) is 0 Å². The molecule has 8 heteroatoms. The molecule has 0 aromatic rings. The number of rotatable bonds is 4. The van der Waals surface area contributed by atoms with E-state index in [0.717, 1.165) is 0 Å². The van der Waals surface area contributed by atoms with Crippen molar-refractivity contribution < 1.29 is 57.0 Å². The summed E-state index contributed by atoms with van der Waals surface area (Å²) < 4.78 is 0. The molecule has 0 rings (SSSR count). The van der Waals surface area contributed by atoms with Gasteiger partial charge in [0.05, 0.1) is 12.2 Å². The van der Waals surface area contributed by atoms with Crippen LogP contribution >= 0.6 is 0 Å². The van der Waals surface area contributed by atoms with Gasteiger partial charge in [0.2, 0.25) is 0 Å². The molecule has 0 radical (unpaired) electrons. The van der Waals surface area contributed by atoms with E-state index in [4.69, 9.17) is 20.4 Å². The Bertz CT molecular complexity index is 157. The molecule has 0 spiro atoms. The van der Waals surface area contributed by atoms with Crippen LogP contribution in [0.25, 0.3) is 0 Å². The molecule has 0 aromatic carbocycles. The molecule has 0 amide bonds. The van der Waals surface area contributed by atoms with Crippen LogP contribution in [0.4, 0.5) is 0 Å². The van der Waals surface area contributed by atoms with Crippen molar-refractivity contribution in [2.75, 3.05) is 0 Å². The van der Waals surface area contributed by atoms with Crippen molar-refractivity contribution in [1.82, 2.24) is 0 Å². The summed E-state index contributed by atoms with van der Waals surface area (Å²) in [5.41, 5.74) is 0. The average molecular weight is 422 g/mol. The average Bonchev–Trinajstić information content (AvgIpc) is 2.23. The molecule has 0 fully saturated rings. The van der Waals surface area contributed by atoms with Gasteiger partial charge in [-0.15, -0.1) is 0 Å². The van der Waals surface area contributed by atoms with E-state index in [-0.39, 0.29) is 58.3 Å². The molecule has 0 aliphatic heterocycles. The molecule has 0 bridgehead atoms. The van der Waals surface area contributed by atoms with Crippen LogP contribution in [0, 0.1) is 0 Å². The van der Waals surface area contributed by atoms with Gasteiger partial charge in [-0.3, -0.25) is 0 Å². The molecule has 0 atom stereocenters. The van der Waals surface area contributed by atoms with Crippen molar-refractivity contribution in [3.05, 3.63) is 0 Å². The summed E-state index contributed by atoms with van der Waals surface area (Å²) in [5, 5.41) is 36.6. The second-order valence-corrected chi connectivity index (χ2v) is 6.73. The number of aliphatic hydroxyl groups excluding tert-OH is 4. The minimum absolute atomic E-state index is 0. The third-order valence-electron chi connectivity index (χ3n) is 0.463. The molecule has 4 N–H and O–H groups in total. The Morgan fingerprint density at radius 3 is 0.615 bits per heavy atom. The smallest absolute Gasteiger partial charge is 0.0905 e. The topological polar surface area (TPSA) is 109 Å². The fraction of sp³-hybridized carbons (Fsp3) is 1.00. The van der Waals surface area contributed by atoms with Crippen LogP contribution in [0.3, 0.4) is 0 Å². The van der Waals surface area contributed by atoms with E-state index in [9.17, 15) is 0 Å². The Morgan fingerprint density at radius 2 is 0.538 bits per heavy atom. The second-order valence-electron chi connectivity index (χ2n) is 6.73. The summed E-state index contributed by atoms with van der Waals surface area (Å²) in [6, 6.07) is 0. The molecular weight excluding hydrogens is 376 g/mol. The fourth-order valence-corrected chi connectivity index (χ4v) is 0.180. The van der Waals surface area contributed by atoms with Crippen molar-refractivity contribution in [1.29, 1.82) is 0 Å². The van der Waals surface area contributed by atoms with E-state index in [2.05, 4.69) is 14.8 Å². The maximum absolute atomic E-state index is 8.06. The third kappa shape index (κ3) is 324. The Balaban J connectivity index is -0.0000000508. The minimum atomic E-state index is -0.167. The maximum Gasteiger partial charge on any atom is 0.0905 e. The van der Waals surface area contributed by atoms with Crippen molar-refractivity contribution >= 4 is 0 Å². The van der Waals surface area contributed by atoms with Crippen LogP contribution in [0.2, 0.25) is 0 Å². The van der Waals surface area contributed by atoms with E-state index in [1.54, 1.807) is 55.4 Å². The number of aliphatic hydroxyl groups is 4. The molecule has 0 saturated carbocycles. The predicted octanol–water partition coefficient (Wildman–Crippen LogP) is 3.23. The SMILES string of the molecule is CC(C)O.CC(C)O.CC(C)O.CC(C)O.CC(C)OOOC(C)C.[Ti]. The summed E-state index contributed by atoms with van der Waals surface area (Å²) in [4.78, 5) is 9.26. The largest absolute Gasteiger partial charge is 0.394 e. The quantitative estimate of drug-likeness (QED) is 0.313. The van der Waals surface area contributed by atoms with Crippen LogP contribution in [-0.4, -0.2) is 57.0 Å². The number of hydrogen-bond donors (Lipinski definition) is 4. The van der Waals surface area contributed by atoms with Crippen LogP contribution in [0.5, 0.6) is 0 Å². The Labute approximate surface area is 176 Å². The summed E-state index contributed by atoms with van der Waals surface area (Å²) in [6.45, 7) is 21.2. The van der Waals surface area contributed by atoms with Gasteiger partial charge < -0.3 is 20.4 Å². The number of hydrogen-bond acceptors (Lipinski definition) is 7. The summed E-state index contributed by atoms with van der Waals surface area (Å²) >= 11 is 0. The van der Waals surface area contributed by atoms with Crippen LogP contribution in [0.15, 0.2) is 0 Å². The van der Waals surface area contributed by atoms with Gasteiger partial charge >= 0.3 is 0 Å². The molecule has 0 saturated heterocycles. The first-order valence-electron chi connectivity index (χ1n) is 8.77. The van der Waals surface area contributed by atoms with Crippen molar-refractivity contribution in [3.63, 3.8) is 0 Å². The zero-order chi connectivity index (χ0) is 21.6. The molecule has 0 aliphatic rings. The van der Waals surface area contributed by atoms with Crippen molar-refractivity contribution in [2.45, 2.75) is 120 Å². The first-order chi connectivity index (χ1) is 11.1. The molecule has 0 aromatic heterocycles. The zero-order valence-electron chi connectivity index (χ0n) is 19.0. The first kappa shape index (κ1) is 41.0. The van der Waals surface area contributed by atoms with E-state index in [1.165, 1.54) is 0 Å². The fourth-order valence-electron chi connectivity index (χ4n) is 0.180. The minimum Gasteiger partial charge on any atom is -0.394 e.